The molecule has 112 valence electrons. The monoisotopic (exact) mass is 277 g/mol. The van der Waals surface area contributed by atoms with E-state index in [1.165, 1.54) is 0 Å². The van der Waals surface area contributed by atoms with E-state index >= 15 is 0 Å². The molecule has 0 fully saturated rings. The molecule has 20 heavy (non-hydrogen) atoms. The van der Waals surface area contributed by atoms with Crippen LogP contribution in [0.4, 0.5) is 0 Å². The van der Waals surface area contributed by atoms with Crippen LogP contribution in [-0.4, -0.2) is 12.0 Å². The van der Waals surface area contributed by atoms with Gasteiger partial charge in [-0.1, -0.05) is 50.6 Å². The molecule has 0 amide bonds. The highest BCUT2D eigenvalue weighted by atomic mass is 16.5. The Bertz CT molecular complexity index is 454. The summed E-state index contributed by atoms with van der Waals surface area (Å²) in [5, 5.41) is 0. The van der Waals surface area contributed by atoms with Gasteiger partial charge in [-0.25, -0.2) is 0 Å². The van der Waals surface area contributed by atoms with E-state index in [0.29, 0.717) is 0 Å². The molecule has 0 bridgehead atoms. The van der Waals surface area contributed by atoms with E-state index < -0.39 is 0 Å². The molecule has 2 atom stereocenters. The first-order chi connectivity index (χ1) is 9.26. The number of aryl methyl sites for hydroxylation is 1. The zero-order chi connectivity index (χ0) is 15.3. The van der Waals surface area contributed by atoms with Gasteiger partial charge in [0.2, 0.25) is 0 Å². The van der Waals surface area contributed by atoms with Crippen LogP contribution in [0.2, 0.25) is 0 Å². The Balaban J connectivity index is 2.58. The average molecular weight is 277 g/mol. The third-order valence-corrected chi connectivity index (χ3v) is 4.12. The van der Waals surface area contributed by atoms with Crippen molar-refractivity contribution in [3.8, 4) is 0 Å². The number of esters is 1. The Morgan fingerprint density at radius 1 is 1.40 bits per heavy atom. The van der Waals surface area contributed by atoms with Gasteiger partial charge in [-0.3, -0.25) is 4.79 Å². The van der Waals surface area contributed by atoms with Crippen molar-refractivity contribution in [3.63, 3.8) is 0 Å². The fourth-order valence-corrected chi connectivity index (χ4v) is 1.95. The SMILES string of the molecule is CCC(C)(C)C(N)CC(=O)OC(C)c1cccc(C)c1. The molecule has 2 N–H and O–H groups in total. The number of carbonyl (C=O) groups excluding carboxylic acids is 1. The Kier molecular flexibility index (Phi) is 5.75. The lowest BCUT2D eigenvalue weighted by molar-refractivity contribution is -0.149. The summed E-state index contributed by atoms with van der Waals surface area (Å²) in [4.78, 5) is 12.0. The van der Waals surface area contributed by atoms with Crippen LogP contribution >= 0.6 is 0 Å². The topological polar surface area (TPSA) is 52.3 Å². The second-order valence-corrected chi connectivity index (χ2v) is 6.20. The molecule has 0 aromatic heterocycles. The van der Waals surface area contributed by atoms with E-state index in [1.807, 2.05) is 38.1 Å². The summed E-state index contributed by atoms with van der Waals surface area (Å²) >= 11 is 0. The van der Waals surface area contributed by atoms with Crippen molar-refractivity contribution in [3.05, 3.63) is 35.4 Å². The molecule has 0 saturated carbocycles. The van der Waals surface area contributed by atoms with Crippen LogP contribution in [0.15, 0.2) is 24.3 Å². The van der Waals surface area contributed by atoms with Crippen LogP contribution in [0, 0.1) is 12.3 Å². The van der Waals surface area contributed by atoms with Crippen molar-refractivity contribution >= 4 is 5.97 Å². The number of hydrogen-bond donors (Lipinski definition) is 1. The molecule has 3 nitrogen and oxygen atoms in total. The Morgan fingerprint density at radius 2 is 2.05 bits per heavy atom. The summed E-state index contributed by atoms with van der Waals surface area (Å²) < 4.78 is 5.48. The van der Waals surface area contributed by atoms with Gasteiger partial charge in [0, 0.05) is 6.04 Å². The molecule has 2 unspecified atom stereocenters. The zero-order valence-corrected chi connectivity index (χ0v) is 13.3. The third kappa shape index (κ3) is 4.64. The summed E-state index contributed by atoms with van der Waals surface area (Å²) in [6, 6.07) is 7.83. The number of carbonyl (C=O) groups is 1. The molecule has 0 spiro atoms. The van der Waals surface area contributed by atoms with Crippen LogP contribution in [0.25, 0.3) is 0 Å². The second kappa shape index (κ2) is 6.89. The summed E-state index contributed by atoms with van der Waals surface area (Å²) in [6.45, 7) is 10.2. The summed E-state index contributed by atoms with van der Waals surface area (Å²) in [5.41, 5.74) is 8.23. The molecular formula is C17H27NO2. The van der Waals surface area contributed by atoms with Gasteiger partial charge >= 0.3 is 5.97 Å². The van der Waals surface area contributed by atoms with Crippen LogP contribution < -0.4 is 5.73 Å². The standard InChI is InChI=1S/C17H27NO2/c1-6-17(4,5)15(18)11-16(19)20-13(3)14-9-7-8-12(2)10-14/h7-10,13,15H,6,11,18H2,1-5H3. The lowest BCUT2D eigenvalue weighted by Crippen LogP contribution is -2.39. The molecule has 1 aromatic rings. The molecule has 0 radical (unpaired) electrons. The molecule has 0 aliphatic heterocycles. The highest BCUT2D eigenvalue weighted by Gasteiger charge is 2.27. The maximum Gasteiger partial charge on any atom is 0.307 e. The van der Waals surface area contributed by atoms with Crippen molar-refractivity contribution in [1.29, 1.82) is 0 Å². The summed E-state index contributed by atoms with van der Waals surface area (Å²) in [5.74, 6) is -0.229. The van der Waals surface area contributed by atoms with Gasteiger partial charge in [-0.05, 0) is 31.2 Å². The summed E-state index contributed by atoms with van der Waals surface area (Å²) in [6.07, 6.45) is 0.964. The van der Waals surface area contributed by atoms with E-state index in [1.54, 1.807) is 0 Å². The highest BCUT2D eigenvalue weighted by molar-refractivity contribution is 5.70. The van der Waals surface area contributed by atoms with Crippen LogP contribution in [-0.2, 0) is 9.53 Å². The maximum atomic E-state index is 12.0. The van der Waals surface area contributed by atoms with E-state index in [0.717, 1.165) is 17.5 Å². The van der Waals surface area contributed by atoms with Gasteiger partial charge in [0.1, 0.15) is 6.10 Å². The van der Waals surface area contributed by atoms with E-state index in [2.05, 4.69) is 20.8 Å². The fourth-order valence-electron chi connectivity index (χ4n) is 1.95. The first-order valence-electron chi connectivity index (χ1n) is 7.28. The first-order valence-corrected chi connectivity index (χ1v) is 7.28. The summed E-state index contributed by atoms with van der Waals surface area (Å²) in [7, 11) is 0. The zero-order valence-electron chi connectivity index (χ0n) is 13.3. The van der Waals surface area contributed by atoms with Crippen LogP contribution in [0.5, 0.6) is 0 Å². The van der Waals surface area contributed by atoms with Crippen LogP contribution in [0.1, 0.15) is 57.8 Å². The molecule has 1 aromatic carbocycles. The maximum absolute atomic E-state index is 12.0. The third-order valence-electron chi connectivity index (χ3n) is 4.12. The van der Waals surface area contributed by atoms with Gasteiger partial charge in [-0.15, -0.1) is 0 Å². The van der Waals surface area contributed by atoms with Gasteiger partial charge in [0.15, 0.2) is 0 Å². The predicted octanol–water partition coefficient (Wildman–Crippen LogP) is 3.75. The number of hydrogen-bond acceptors (Lipinski definition) is 3. The molecule has 3 heteroatoms. The van der Waals surface area contributed by atoms with Gasteiger partial charge < -0.3 is 10.5 Å². The molecule has 0 saturated heterocycles. The van der Waals surface area contributed by atoms with Crippen molar-refractivity contribution in [2.45, 2.75) is 59.6 Å². The largest absolute Gasteiger partial charge is 0.458 e. The average Bonchev–Trinajstić information content (AvgIpc) is 2.38. The number of benzene rings is 1. The van der Waals surface area contributed by atoms with Gasteiger partial charge in [-0.2, -0.15) is 0 Å². The Labute approximate surface area is 122 Å². The highest BCUT2D eigenvalue weighted by Crippen LogP contribution is 2.26. The van der Waals surface area contributed by atoms with Gasteiger partial charge in [0.25, 0.3) is 0 Å². The second-order valence-electron chi connectivity index (χ2n) is 6.20. The molecule has 1 rings (SSSR count). The lowest BCUT2D eigenvalue weighted by Gasteiger charge is -2.30. The molecule has 0 aliphatic rings. The van der Waals surface area contributed by atoms with Crippen molar-refractivity contribution in [2.75, 3.05) is 0 Å². The lowest BCUT2D eigenvalue weighted by atomic mass is 9.81. The minimum absolute atomic E-state index is 0.0500. The van der Waals surface area contributed by atoms with E-state index in [-0.39, 0.29) is 30.0 Å². The van der Waals surface area contributed by atoms with E-state index in [4.69, 9.17) is 10.5 Å². The van der Waals surface area contributed by atoms with E-state index in [9.17, 15) is 4.79 Å². The fraction of sp³-hybridized carbons (Fsp3) is 0.588. The Hall–Kier alpha value is -1.35. The smallest absolute Gasteiger partial charge is 0.307 e. The number of nitrogens with two attached hydrogens (primary N) is 1. The van der Waals surface area contributed by atoms with Gasteiger partial charge in [0.05, 0.1) is 6.42 Å². The number of ether oxygens (including phenoxy) is 1. The minimum atomic E-state index is -0.237. The van der Waals surface area contributed by atoms with Crippen LogP contribution in [0.3, 0.4) is 0 Å². The Morgan fingerprint density at radius 3 is 2.60 bits per heavy atom. The number of rotatable bonds is 6. The molecule has 0 heterocycles. The van der Waals surface area contributed by atoms with Crippen molar-refractivity contribution < 1.29 is 9.53 Å². The van der Waals surface area contributed by atoms with Crippen molar-refractivity contribution in [2.24, 2.45) is 11.1 Å². The predicted molar refractivity (Wildman–Crippen MR) is 82.4 cm³/mol. The quantitative estimate of drug-likeness (QED) is 0.806. The molecule has 0 aliphatic carbocycles. The normalized spacial score (nSPS) is 14.7. The molecular weight excluding hydrogens is 250 g/mol. The first kappa shape index (κ1) is 16.7. The minimum Gasteiger partial charge on any atom is -0.458 e. The van der Waals surface area contributed by atoms with Crippen molar-refractivity contribution in [1.82, 2.24) is 0 Å².